The van der Waals surface area contributed by atoms with Crippen LogP contribution in [0.5, 0.6) is 0 Å². The highest BCUT2D eigenvalue weighted by molar-refractivity contribution is 5.81. The Morgan fingerprint density at radius 2 is 1.91 bits per heavy atom. The van der Waals surface area contributed by atoms with Gasteiger partial charge in [-0.15, -0.1) is 0 Å². The van der Waals surface area contributed by atoms with Gasteiger partial charge >= 0.3 is 5.97 Å². The van der Waals surface area contributed by atoms with Crippen molar-refractivity contribution in [2.45, 2.75) is 44.8 Å². The van der Waals surface area contributed by atoms with Gasteiger partial charge in [-0.3, -0.25) is 0 Å². The zero-order valence-electron chi connectivity index (χ0n) is 12.9. The van der Waals surface area contributed by atoms with Gasteiger partial charge in [0.2, 0.25) is 6.29 Å². The molecule has 0 aromatic heterocycles. The molecule has 0 radical (unpaired) electrons. The monoisotopic (exact) mass is 308 g/mol. The zero-order valence-corrected chi connectivity index (χ0v) is 12.9. The summed E-state index contributed by atoms with van der Waals surface area (Å²) in [6.07, 6.45) is 11.1. The zero-order chi connectivity index (χ0) is 15.6. The van der Waals surface area contributed by atoms with E-state index in [2.05, 4.69) is 18.7 Å². The van der Waals surface area contributed by atoms with Crippen molar-refractivity contribution < 1.29 is 23.7 Å². The van der Waals surface area contributed by atoms with Crippen molar-refractivity contribution in [1.82, 2.24) is 0 Å². The molecule has 0 spiro atoms. The molecule has 0 amide bonds. The Balaban J connectivity index is 1.72. The van der Waals surface area contributed by atoms with E-state index in [1.54, 1.807) is 0 Å². The fourth-order valence-corrected chi connectivity index (χ4v) is 2.36. The van der Waals surface area contributed by atoms with E-state index in [0.29, 0.717) is 6.61 Å². The summed E-state index contributed by atoms with van der Waals surface area (Å²) >= 11 is 0. The maximum absolute atomic E-state index is 11.0. The summed E-state index contributed by atoms with van der Waals surface area (Å²) in [5, 5.41) is 0. The number of allylic oxidation sites excluding steroid dienone is 4. The number of hydrogen-bond acceptors (Lipinski definition) is 5. The van der Waals surface area contributed by atoms with Crippen LogP contribution in [0.25, 0.3) is 0 Å². The fourth-order valence-electron chi connectivity index (χ4n) is 2.36. The SMILES string of the molecule is C=CC(=O)OCCOC(COC1=CCCC1)OC1=CCCC1. The molecule has 1 unspecified atom stereocenters. The molecular formula is C17H24O5. The average molecular weight is 308 g/mol. The number of ether oxygens (including phenoxy) is 4. The maximum Gasteiger partial charge on any atom is 0.330 e. The molecule has 0 aliphatic heterocycles. The highest BCUT2D eigenvalue weighted by atomic mass is 16.7. The Hall–Kier alpha value is -1.75. The molecule has 0 aromatic carbocycles. The lowest BCUT2D eigenvalue weighted by molar-refractivity contribution is -0.159. The molecule has 2 aliphatic carbocycles. The second-order valence-corrected chi connectivity index (χ2v) is 5.23. The van der Waals surface area contributed by atoms with Crippen LogP contribution in [0.4, 0.5) is 0 Å². The van der Waals surface area contributed by atoms with Crippen LogP contribution >= 0.6 is 0 Å². The lowest BCUT2D eigenvalue weighted by atomic mass is 10.3. The van der Waals surface area contributed by atoms with Crippen LogP contribution in [-0.4, -0.2) is 32.1 Å². The van der Waals surface area contributed by atoms with Crippen molar-refractivity contribution in [2.75, 3.05) is 19.8 Å². The Bertz CT molecular complexity index is 438. The first-order valence-corrected chi connectivity index (χ1v) is 7.86. The van der Waals surface area contributed by atoms with Crippen LogP contribution < -0.4 is 0 Å². The van der Waals surface area contributed by atoms with Crippen LogP contribution in [0.3, 0.4) is 0 Å². The summed E-state index contributed by atoms with van der Waals surface area (Å²) in [5.41, 5.74) is 0. The Morgan fingerprint density at radius 3 is 2.55 bits per heavy atom. The summed E-state index contributed by atoms with van der Waals surface area (Å²) in [7, 11) is 0. The van der Waals surface area contributed by atoms with E-state index in [-0.39, 0.29) is 13.2 Å². The number of hydrogen-bond donors (Lipinski definition) is 0. The fraction of sp³-hybridized carbons (Fsp3) is 0.588. The smallest absolute Gasteiger partial charge is 0.330 e. The lowest BCUT2D eigenvalue weighted by Crippen LogP contribution is -2.25. The molecule has 1 atom stereocenters. The highest BCUT2D eigenvalue weighted by Gasteiger charge is 2.17. The highest BCUT2D eigenvalue weighted by Crippen LogP contribution is 2.22. The number of rotatable bonds is 10. The third kappa shape index (κ3) is 5.93. The molecule has 0 bridgehead atoms. The number of carbonyl (C=O) groups excluding carboxylic acids is 1. The number of esters is 1. The largest absolute Gasteiger partial charge is 0.492 e. The molecule has 0 N–H and O–H groups in total. The van der Waals surface area contributed by atoms with Gasteiger partial charge in [0.25, 0.3) is 0 Å². The normalized spacial score (nSPS) is 18.4. The Kier molecular flexibility index (Phi) is 7.03. The Labute approximate surface area is 131 Å². The molecule has 122 valence electrons. The van der Waals surface area contributed by atoms with Crippen LogP contribution in [0.1, 0.15) is 38.5 Å². The minimum Gasteiger partial charge on any atom is -0.492 e. The summed E-state index contributed by atoms with van der Waals surface area (Å²) in [4.78, 5) is 11.0. The van der Waals surface area contributed by atoms with E-state index < -0.39 is 12.3 Å². The van der Waals surface area contributed by atoms with Crippen molar-refractivity contribution >= 4 is 5.97 Å². The van der Waals surface area contributed by atoms with Gasteiger partial charge in [0, 0.05) is 18.9 Å². The van der Waals surface area contributed by atoms with Crippen LogP contribution in [0, 0.1) is 0 Å². The predicted octanol–water partition coefficient (Wildman–Crippen LogP) is 3.23. The second-order valence-electron chi connectivity index (χ2n) is 5.23. The molecule has 5 heteroatoms. The molecule has 5 nitrogen and oxygen atoms in total. The summed E-state index contributed by atoms with van der Waals surface area (Å²) in [6, 6.07) is 0. The standard InChI is InChI=1S/C17H24O5/c1-2-16(18)19-11-12-20-17(22-15-9-5-6-10-15)13-21-14-7-3-4-8-14/h2,7,9,17H,1,3-6,8,10-13H2. The van der Waals surface area contributed by atoms with E-state index in [0.717, 1.165) is 56.1 Å². The van der Waals surface area contributed by atoms with Gasteiger partial charge < -0.3 is 18.9 Å². The van der Waals surface area contributed by atoms with Crippen molar-refractivity contribution in [2.24, 2.45) is 0 Å². The van der Waals surface area contributed by atoms with E-state index in [9.17, 15) is 4.79 Å². The molecule has 0 fully saturated rings. The first kappa shape index (κ1) is 16.6. The van der Waals surface area contributed by atoms with Crippen LogP contribution in [-0.2, 0) is 23.7 Å². The van der Waals surface area contributed by atoms with Gasteiger partial charge in [-0.1, -0.05) is 6.58 Å². The van der Waals surface area contributed by atoms with Crippen molar-refractivity contribution in [1.29, 1.82) is 0 Å². The number of carbonyl (C=O) groups is 1. The molecule has 0 saturated heterocycles. The van der Waals surface area contributed by atoms with Gasteiger partial charge in [0.05, 0.1) is 18.1 Å². The van der Waals surface area contributed by atoms with Gasteiger partial charge in [-0.05, 0) is 37.8 Å². The quantitative estimate of drug-likeness (QED) is 0.268. The second kappa shape index (κ2) is 9.30. The van der Waals surface area contributed by atoms with E-state index in [4.69, 9.17) is 18.9 Å². The lowest BCUT2D eigenvalue weighted by Gasteiger charge is -2.21. The summed E-state index contributed by atoms with van der Waals surface area (Å²) < 4.78 is 22.1. The van der Waals surface area contributed by atoms with Gasteiger partial charge in [-0.25, -0.2) is 4.79 Å². The van der Waals surface area contributed by atoms with E-state index in [1.807, 2.05) is 0 Å². The minimum absolute atomic E-state index is 0.173. The van der Waals surface area contributed by atoms with Crippen molar-refractivity contribution in [3.63, 3.8) is 0 Å². The maximum atomic E-state index is 11.0. The third-order valence-corrected chi connectivity index (χ3v) is 3.48. The predicted molar refractivity (Wildman–Crippen MR) is 81.8 cm³/mol. The average Bonchev–Trinajstić information content (AvgIpc) is 3.21. The molecule has 0 heterocycles. The van der Waals surface area contributed by atoms with Crippen LogP contribution in [0.15, 0.2) is 36.3 Å². The van der Waals surface area contributed by atoms with E-state index >= 15 is 0 Å². The molecule has 0 saturated carbocycles. The van der Waals surface area contributed by atoms with Crippen molar-refractivity contribution in [3.8, 4) is 0 Å². The minimum atomic E-state index is -0.478. The van der Waals surface area contributed by atoms with Crippen molar-refractivity contribution in [3.05, 3.63) is 36.3 Å². The van der Waals surface area contributed by atoms with Gasteiger partial charge in [0.1, 0.15) is 13.2 Å². The first-order valence-electron chi connectivity index (χ1n) is 7.86. The van der Waals surface area contributed by atoms with Gasteiger partial charge in [-0.2, -0.15) is 0 Å². The molecule has 2 rings (SSSR count). The van der Waals surface area contributed by atoms with Crippen LogP contribution in [0.2, 0.25) is 0 Å². The molecule has 22 heavy (non-hydrogen) atoms. The third-order valence-electron chi connectivity index (χ3n) is 3.48. The summed E-state index contributed by atoms with van der Waals surface area (Å²) in [5.74, 6) is 1.51. The summed E-state index contributed by atoms with van der Waals surface area (Å²) in [6.45, 7) is 4.13. The first-order chi connectivity index (χ1) is 10.8. The molecule has 2 aliphatic rings. The molecular weight excluding hydrogens is 284 g/mol. The molecule has 0 aromatic rings. The topological polar surface area (TPSA) is 54.0 Å². The Morgan fingerprint density at radius 1 is 1.18 bits per heavy atom. The van der Waals surface area contributed by atoms with Gasteiger partial charge in [0.15, 0.2) is 0 Å². The van der Waals surface area contributed by atoms with E-state index in [1.165, 1.54) is 0 Å².